The topological polar surface area (TPSA) is 102 Å². The van der Waals surface area contributed by atoms with Crippen LogP contribution in [0.25, 0.3) is 0 Å². The van der Waals surface area contributed by atoms with E-state index in [1.807, 2.05) is 60.7 Å². The van der Waals surface area contributed by atoms with E-state index >= 15 is 0 Å². The molecule has 1 atom stereocenters. The van der Waals surface area contributed by atoms with Crippen LogP contribution in [0.5, 0.6) is 5.75 Å². The maximum Gasteiger partial charge on any atom is 0.325 e. The van der Waals surface area contributed by atoms with Crippen LogP contribution in [0.4, 0.5) is 0 Å². The molecule has 0 radical (unpaired) electrons. The maximum absolute atomic E-state index is 13.8. The zero-order valence-electron chi connectivity index (χ0n) is 21.9. The molecule has 8 nitrogen and oxygen atoms in total. The van der Waals surface area contributed by atoms with Crippen LogP contribution in [0.2, 0.25) is 0 Å². The number of nitrogens with one attached hydrogen (secondary N) is 1. The van der Waals surface area contributed by atoms with Crippen LogP contribution in [0.3, 0.4) is 0 Å². The first-order chi connectivity index (χ1) is 18.2. The van der Waals surface area contributed by atoms with E-state index in [1.165, 1.54) is 31.4 Å². The Morgan fingerprint density at radius 2 is 1.45 bits per heavy atom. The summed E-state index contributed by atoms with van der Waals surface area (Å²) in [4.78, 5) is 26.2. The molecule has 3 aromatic carbocycles. The van der Waals surface area contributed by atoms with Crippen molar-refractivity contribution in [3.8, 4) is 5.75 Å². The highest BCUT2D eigenvalue weighted by atomic mass is 32.2. The molecule has 1 amide bonds. The number of carbonyl (C=O) groups is 2. The van der Waals surface area contributed by atoms with Gasteiger partial charge < -0.3 is 14.8 Å². The lowest BCUT2D eigenvalue weighted by atomic mass is 10.0. The van der Waals surface area contributed by atoms with Gasteiger partial charge in [-0.15, -0.1) is 0 Å². The average Bonchev–Trinajstić information content (AvgIpc) is 2.92. The number of carbonyl (C=O) groups excluding carboxylic acids is 2. The number of amides is 1. The molecule has 0 saturated carbocycles. The van der Waals surface area contributed by atoms with Crippen molar-refractivity contribution < 1.29 is 27.5 Å². The van der Waals surface area contributed by atoms with Gasteiger partial charge in [0.1, 0.15) is 18.4 Å². The summed E-state index contributed by atoms with van der Waals surface area (Å²) in [5, 5.41) is 2.78. The molecule has 202 valence electrons. The molecule has 0 spiro atoms. The van der Waals surface area contributed by atoms with Crippen molar-refractivity contribution in [2.45, 2.75) is 37.8 Å². The number of hydrogen-bond acceptors (Lipinski definition) is 6. The maximum atomic E-state index is 13.8. The third-order valence-corrected chi connectivity index (χ3v) is 7.79. The summed E-state index contributed by atoms with van der Waals surface area (Å²) in [6, 6.07) is 23.3. The summed E-state index contributed by atoms with van der Waals surface area (Å²) in [5.41, 5.74) is 1.81. The molecule has 0 aliphatic rings. The van der Waals surface area contributed by atoms with Gasteiger partial charge in [-0.05, 0) is 47.7 Å². The van der Waals surface area contributed by atoms with Gasteiger partial charge in [0.05, 0.1) is 18.6 Å². The molecular weight excluding hydrogens is 504 g/mol. The largest absolute Gasteiger partial charge is 0.497 e. The predicted octanol–water partition coefficient (Wildman–Crippen LogP) is 3.81. The van der Waals surface area contributed by atoms with E-state index in [2.05, 4.69) is 5.32 Å². The lowest BCUT2D eigenvalue weighted by Crippen LogP contribution is -2.52. The summed E-state index contributed by atoms with van der Waals surface area (Å²) in [5.74, 6) is -1.22. The summed E-state index contributed by atoms with van der Waals surface area (Å²) in [6.45, 7) is 3.22. The smallest absolute Gasteiger partial charge is 0.325 e. The van der Waals surface area contributed by atoms with Gasteiger partial charge in [-0.25, -0.2) is 8.42 Å². The van der Waals surface area contributed by atoms with Crippen molar-refractivity contribution in [3.63, 3.8) is 0 Å². The van der Waals surface area contributed by atoms with E-state index in [4.69, 9.17) is 9.47 Å². The Labute approximate surface area is 224 Å². The minimum atomic E-state index is -4.25. The molecule has 38 heavy (non-hydrogen) atoms. The van der Waals surface area contributed by atoms with Crippen LogP contribution in [-0.2, 0) is 37.4 Å². The molecule has 0 bridgehead atoms. The van der Waals surface area contributed by atoms with E-state index in [9.17, 15) is 18.0 Å². The minimum absolute atomic E-state index is 0.0113. The number of methoxy groups -OCH3 is 1. The van der Waals surface area contributed by atoms with Gasteiger partial charge in [0.2, 0.25) is 15.9 Å². The van der Waals surface area contributed by atoms with Crippen molar-refractivity contribution in [2.24, 2.45) is 5.92 Å². The first kappa shape index (κ1) is 28.9. The molecule has 0 aromatic heterocycles. The SMILES string of the molecule is COc1ccc(S(=O)(=O)N(CC(=O)NCCc2ccccc2)C(C(=O)OCc2ccccc2)C(C)C)cc1. The predicted molar refractivity (Wildman–Crippen MR) is 145 cm³/mol. The molecule has 0 aliphatic heterocycles. The number of sulfonamides is 1. The second-order valence-corrected chi connectivity index (χ2v) is 11.0. The Morgan fingerprint density at radius 1 is 0.868 bits per heavy atom. The quantitative estimate of drug-likeness (QED) is 0.332. The Hall–Kier alpha value is -3.69. The third kappa shape index (κ3) is 7.90. The first-order valence-electron chi connectivity index (χ1n) is 12.4. The molecule has 0 fully saturated rings. The highest BCUT2D eigenvalue weighted by Gasteiger charge is 2.40. The summed E-state index contributed by atoms with van der Waals surface area (Å²) >= 11 is 0. The molecule has 9 heteroatoms. The average molecular weight is 539 g/mol. The van der Waals surface area contributed by atoms with Crippen LogP contribution in [0, 0.1) is 5.92 Å². The molecule has 1 unspecified atom stereocenters. The molecule has 3 aromatic rings. The van der Waals surface area contributed by atoms with Gasteiger partial charge in [0, 0.05) is 6.54 Å². The van der Waals surface area contributed by atoms with Crippen molar-refractivity contribution in [3.05, 3.63) is 96.1 Å². The summed E-state index contributed by atoms with van der Waals surface area (Å²) < 4.78 is 39.2. The van der Waals surface area contributed by atoms with Gasteiger partial charge in [-0.3, -0.25) is 9.59 Å². The standard InChI is InChI=1S/C29H34N2O6S/c1-22(2)28(29(33)37-21-24-12-8-5-9-13-24)31(38(34,35)26-16-14-25(36-3)15-17-26)20-27(32)30-19-18-23-10-6-4-7-11-23/h4-17,22,28H,18-21H2,1-3H3,(H,30,32). The number of rotatable bonds is 13. The van der Waals surface area contributed by atoms with Gasteiger partial charge in [0.15, 0.2) is 0 Å². The van der Waals surface area contributed by atoms with E-state index < -0.39 is 40.4 Å². The number of nitrogens with zero attached hydrogens (tertiary/aromatic N) is 1. The number of benzene rings is 3. The van der Waals surface area contributed by atoms with Crippen LogP contribution >= 0.6 is 0 Å². The zero-order valence-corrected chi connectivity index (χ0v) is 22.7. The van der Waals surface area contributed by atoms with E-state index in [1.54, 1.807) is 13.8 Å². The number of hydrogen-bond donors (Lipinski definition) is 1. The second-order valence-electron chi connectivity index (χ2n) is 9.09. The van der Waals surface area contributed by atoms with Crippen LogP contribution in [-0.4, -0.2) is 50.8 Å². The van der Waals surface area contributed by atoms with Crippen LogP contribution < -0.4 is 10.1 Å². The minimum Gasteiger partial charge on any atom is -0.497 e. The Morgan fingerprint density at radius 3 is 2.00 bits per heavy atom. The lowest BCUT2D eigenvalue weighted by Gasteiger charge is -2.31. The van der Waals surface area contributed by atoms with Crippen molar-refractivity contribution >= 4 is 21.9 Å². The van der Waals surface area contributed by atoms with Crippen LogP contribution in [0.15, 0.2) is 89.8 Å². The number of esters is 1. The number of ether oxygens (including phenoxy) is 2. The first-order valence-corrected chi connectivity index (χ1v) is 13.8. The van der Waals surface area contributed by atoms with E-state index in [-0.39, 0.29) is 11.5 Å². The summed E-state index contributed by atoms with van der Waals surface area (Å²) in [6.07, 6.45) is 0.588. The molecule has 0 aliphatic carbocycles. The van der Waals surface area contributed by atoms with Crippen molar-refractivity contribution in [1.82, 2.24) is 9.62 Å². The Kier molecular flexibility index (Phi) is 10.4. The van der Waals surface area contributed by atoms with Gasteiger partial charge in [-0.2, -0.15) is 4.31 Å². The fraction of sp³-hybridized carbons (Fsp3) is 0.310. The molecule has 3 rings (SSSR count). The molecule has 0 saturated heterocycles. The van der Waals surface area contributed by atoms with Gasteiger partial charge in [-0.1, -0.05) is 74.5 Å². The lowest BCUT2D eigenvalue weighted by molar-refractivity contribution is -0.151. The Bertz CT molecular complexity index is 1280. The second kappa shape index (κ2) is 13.7. The monoisotopic (exact) mass is 538 g/mol. The Balaban J connectivity index is 1.84. The molecule has 1 N–H and O–H groups in total. The highest BCUT2D eigenvalue weighted by Crippen LogP contribution is 2.25. The summed E-state index contributed by atoms with van der Waals surface area (Å²) in [7, 11) is -2.78. The zero-order chi connectivity index (χ0) is 27.5. The van der Waals surface area contributed by atoms with E-state index in [0.29, 0.717) is 18.7 Å². The normalized spacial score (nSPS) is 12.2. The third-order valence-electron chi connectivity index (χ3n) is 5.95. The molecule has 0 heterocycles. The van der Waals surface area contributed by atoms with E-state index in [0.717, 1.165) is 15.4 Å². The van der Waals surface area contributed by atoms with Crippen LogP contribution in [0.1, 0.15) is 25.0 Å². The van der Waals surface area contributed by atoms with Crippen molar-refractivity contribution in [2.75, 3.05) is 20.2 Å². The fourth-order valence-electron chi connectivity index (χ4n) is 3.94. The highest BCUT2D eigenvalue weighted by molar-refractivity contribution is 7.89. The van der Waals surface area contributed by atoms with Gasteiger partial charge >= 0.3 is 5.97 Å². The van der Waals surface area contributed by atoms with Gasteiger partial charge in [0.25, 0.3) is 0 Å². The fourth-order valence-corrected chi connectivity index (χ4v) is 5.61. The molecular formula is C29H34N2O6S. The van der Waals surface area contributed by atoms with Crippen molar-refractivity contribution in [1.29, 1.82) is 0 Å².